The van der Waals surface area contributed by atoms with Crippen LogP contribution in [0.25, 0.3) is 11.1 Å². The summed E-state index contributed by atoms with van der Waals surface area (Å²) in [5.41, 5.74) is 3.90. The third-order valence-electron chi connectivity index (χ3n) is 2.74. The van der Waals surface area contributed by atoms with Crippen LogP contribution in [-0.2, 0) is 0 Å². The highest BCUT2D eigenvalue weighted by atomic mass is 79.9. The predicted octanol–water partition coefficient (Wildman–Crippen LogP) is 5.20. The fourth-order valence-corrected chi connectivity index (χ4v) is 2.06. The van der Waals surface area contributed by atoms with Crippen LogP contribution in [0.2, 0.25) is 0 Å². The summed E-state index contributed by atoms with van der Waals surface area (Å²) < 4.78 is 0. The first-order valence-corrected chi connectivity index (χ1v) is 6.52. The monoisotopic (exact) mass is 274 g/mol. The molecule has 0 spiro atoms. The Kier molecular flexibility index (Phi) is 3.79. The van der Waals surface area contributed by atoms with E-state index in [0.29, 0.717) is 4.83 Å². The molecule has 1 unspecified atom stereocenters. The molecule has 0 aromatic heterocycles. The van der Waals surface area contributed by atoms with E-state index in [0.717, 1.165) is 6.42 Å². The van der Waals surface area contributed by atoms with Crippen molar-refractivity contribution in [3.63, 3.8) is 0 Å². The minimum absolute atomic E-state index is 0.470. The standard InChI is InChI=1S/C15H15Br/c1-2-15(16)14-10-8-13(9-11-14)12-6-4-3-5-7-12/h3-11,15H,2H2,1H3. The van der Waals surface area contributed by atoms with Crippen molar-refractivity contribution in [1.29, 1.82) is 0 Å². The highest BCUT2D eigenvalue weighted by Gasteiger charge is 2.04. The van der Waals surface area contributed by atoms with Crippen LogP contribution in [0.1, 0.15) is 23.7 Å². The van der Waals surface area contributed by atoms with Crippen molar-refractivity contribution in [3.8, 4) is 11.1 Å². The molecular formula is C15H15Br. The van der Waals surface area contributed by atoms with Crippen LogP contribution >= 0.6 is 15.9 Å². The molecule has 0 aliphatic heterocycles. The molecule has 2 aromatic carbocycles. The lowest BCUT2D eigenvalue weighted by molar-refractivity contribution is 0.911. The third-order valence-corrected chi connectivity index (χ3v) is 3.91. The predicted molar refractivity (Wildman–Crippen MR) is 73.8 cm³/mol. The molecule has 0 aliphatic rings. The summed E-state index contributed by atoms with van der Waals surface area (Å²) in [6, 6.07) is 19.2. The normalized spacial score (nSPS) is 12.4. The maximum Gasteiger partial charge on any atom is 0.0392 e. The lowest BCUT2D eigenvalue weighted by Gasteiger charge is -2.08. The van der Waals surface area contributed by atoms with Crippen molar-refractivity contribution < 1.29 is 0 Å². The van der Waals surface area contributed by atoms with Gasteiger partial charge in [-0.2, -0.15) is 0 Å². The smallest absolute Gasteiger partial charge is 0.0392 e. The van der Waals surface area contributed by atoms with E-state index in [1.165, 1.54) is 16.7 Å². The Labute approximate surface area is 105 Å². The van der Waals surface area contributed by atoms with Gasteiger partial charge in [0.2, 0.25) is 0 Å². The number of alkyl halides is 1. The van der Waals surface area contributed by atoms with E-state index >= 15 is 0 Å². The molecule has 16 heavy (non-hydrogen) atoms. The van der Waals surface area contributed by atoms with Crippen molar-refractivity contribution in [2.75, 3.05) is 0 Å². The van der Waals surface area contributed by atoms with E-state index in [2.05, 4.69) is 71.4 Å². The minimum atomic E-state index is 0.470. The van der Waals surface area contributed by atoms with E-state index in [4.69, 9.17) is 0 Å². The zero-order chi connectivity index (χ0) is 11.4. The largest absolute Gasteiger partial charge is 0.0839 e. The van der Waals surface area contributed by atoms with Crippen molar-refractivity contribution in [2.45, 2.75) is 18.2 Å². The van der Waals surface area contributed by atoms with Crippen molar-refractivity contribution in [1.82, 2.24) is 0 Å². The molecule has 0 N–H and O–H groups in total. The Morgan fingerprint density at radius 1 is 0.875 bits per heavy atom. The molecule has 2 aromatic rings. The Hall–Kier alpha value is -1.08. The molecule has 0 heterocycles. The molecule has 1 heteroatoms. The average molecular weight is 275 g/mol. The lowest BCUT2D eigenvalue weighted by Crippen LogP contribution is -1.87. The van der Waals surface area contributed by atoms with Gasteiger partial charge in [0, 0.05) is 4.83 Å². The zero-order valence-corrected chi connectivity index (χ0v) is 10.9. The molecule has 0 radical (unpaired) electrons. The summed E-state index contributed by atoms with van der Waals surface area (Å²) in [5.74, 6) is 0. The van der Waals surface area contributed by atoms with Gasteiger partial charge in [0.1, 0.15) is 0 Å². The molecule has 0 saturated heterocycles. The summed E-state index contributed by atoms with van der Waals surface area (Å²) >= 11 is 3.67. The van der Waals surface area contributed by atoms with E-state index in [1.807, 2.05) is 6.07 Å². The van der Waals surface area contributed by atoms with Crippen LogP contribution in [0.4, 0.5) is 0 Å². The first kappa shape index (κ1) is 11.4. The number of halogens is 1. The molecule has 82 valence electrons. The van der Waals surface area contributed by atoms with Crippen molar-refractivity contribution in [3.05, 3.63) is 60.2 Å². The maximum absolute atomic E-state index is 3.67. The van der Waals surface area contributed by atoms with Gasteiger partial charge in [-0.1, -0.05) is 77.5 Å². The van der Waals surface area contributed by atoms with Gasteiger partial charge in [0.05, 0.1) is 0 Å². The number of hydrogen-bond donors (Lipinski definition) is 0. The van der Waals surface area contributed by atoms with Gasteiger partial charge in [-0.05, 0) is 23.1 Å². The molecule has 1 atom stereocenters. The van der Waals surface area contributed by atoms with Gasteiger partial charge in [0.15, 0.2) is 0 Å². The second-order valence-electron chi connectivity index (χ2n) is 3.86. The number of rotatable bonds is 3. The van der Waals surface area contributed by atoms with Crippen LogP contribution in [0, 0.1) is 0 Å². The topological polar surface area (TPSA) is 0 Å². The highest BCUT2D eigenvalue weighted by molar-refractivity contribution is 9.09. The van der Waals surface area contributed by atoms with Gasteiger partial charge < -0.3 is 0 Å². The fourth-order valence-electron chi connectivity index (χ4n) is 1.75. The van der Waals surface area contributed by atoms with Crippen LogP contribution in [-0.4, -0.2) is 0 Å². The maximum atomic E-state index is 3.67. The summed E-state index contributed by atoms with van der Waals surface area (Å²) in [6.45, 7) is 2.19. The molecule has 0 fully saturated rings. The summed E-state index contributed by atoms with van der Waals surface area (Å²) in [5, 5.41) is 0. The quantitative estimate of drug-likeness (QED) is 0.675. The SMILES string of the molecule is CCC(Br)c1ccc(-c2ccccc2)cc1. The van der Waals surface area contributed by atoms with E-state index in [1.54, 1.807) is 0 Å². The molecule has 0 bridgehead atoms. The zero-order valence-electron chi connectivity index (χ0n) is 9.36. The Morgan fingerprint density at radius 3 is 2.00 bits per heavy atom. The second kappa shape index (κ2) is 5.31. The van der Waals surface area contributed by atoms with Gasteiger partial charge in [0.25, 0.3) is 0 Å². The first-order valence-electron chi connectivity index (χ1n) is 5.60. The molecule has 2 rings (SSSR count). The van der Waals surface area contributed by atoms with E-state index in [9.17, 15) is 0 Å². The highest BCUT2D eigenvalue weighted by Crippen LogP contribution is 2.28. The minimum Gasteiger partial charge on any atom is -0.0839 e. The van der Waals surface area contributed by atoms with E-state index in [-0.39, 0.29) is 0 Å². The summed E-state index contributed by atoms with van der Waals surface area (Å²) in [6.07, 6.45) is 1.12. The summed E-state index contributed by atoms with van der Waals surface area (Å²) in [7, 11) is 0. The first-order chi connectivity index (χ1) is 7.81. The Balaban J connectivity index is 2.26. The molecule has 0 amide bonds. The van der Waals surface area contributed by atoms with Crippen LogP contribution in [0.15, 0.2) is 54.6 Å². The Bertz CT molecular complexity index is 431. The van der Waals surface area contributed by atoms with Crippen LogP contribution < -0.4 is 0 Å². The lowest BCUT2D eigenvalue weighted by atomic mass is 10.0. The van der Waals surface area contributed by atoms with Crippen molar-refractivity contribution >= 4 is 15.9 Å². The molecule has 0 saturated carbocycles. The van der Waals surface area contributed by atoms with Gasteiger partial charge in [-0.3, -0.25) is 0 Å². The molecule has 0 aliphatic carbocycles. The van der Waals surface area contributed by atoms with Crippen LogP contribution in [0.3, 0.4) is 0 Å². The second-order valence-corrected chi connectivity index (χ2v) is 4.97. The van der Waals surface area contributed by atoms with Gasteiger partial charge >= 0.3 is 0 Å². The number of benzene rings is 2. The average Bonchev–Trinajstić information content (AvgIpc) is 2.39. The molecule has 0 nitrogen and oxygen atoms in total. The fraction of sp³-hybridized carbons (Fsp3) is 0.200. The number of hydrogen-bond acceptors (Lipinski definition) is 0. The van der Waals surface area contributed by atoms with Gasteiger partial charge in [-0.25, -0.2) is 0 Å². The third kappa shape index (κ3) is 2.53. The molecular weight excluding hydrogens is 260 g/mol. The van der Waals surface area contributed by atoms with Gasteiger partial charge in [-0.15, -0.1) is 0 Å². The van der Waals surface area contributed by atoms with Crippen LogP contribution in [0.5, 0.6) is 0 Å². The van der Waals surface area contributed by atoms with Crippen molar-refractivity contribution in [2.24, 2.45) is 0 Å². The van der Waals surface area contributed by atoms with E-state index < -0.39 is 0 Å². The Morgan fingerprint density at radius 2 is 1.44 bits per heavy atom. The summed E-state index contributed by atoms with van der Waals surface area (Å²) in [4.78, 5) is 0.470.